The minimum atomic E-state index is -4.62. The van der Waals surface area contributed by atoms with Gasteiger partial charge in [0.2, 0.25) is 0 Å². The molecule has 0 spiro atoms. The fraction of sp³-hybridized carbons (Fsp3) is 0.240. The SMILES string of the molecule is CCOc1cc(NC(=O)c2ccc(C(F)(F)F)nc2C)c(OCC)cc1NC(=O)c1ccccc1. The first-order valence-corrected chi connectivity index (χ1v) is 10.8. The first-order chi connectivity index (χ1) is 16.6. The number of aromatic nitrogens is 1. The van der Waals surface area contributed by atoms with Gasteiger partial charge in [-0.2, -0.15) is 13.2 Å². The highest BCUT2D eigenvalue weighted by Gasteiger charge is 2.33. The Morgan fingerprint density at radius 2 is 1.40 bits per heavy atom. The van der Waals surface area contributed by atoms with E-state index in [1.54, 1.807) is 44.2 Å². The molecule has 35 heavy (non-hydrogen) atoms. The Hall–Kier alpha value is -4.08. The summed E-state index contributed by atoms with van der Waals surface area (Å²) in [6, 6.07) is 13.4. The van der Waals surface area contributed by atoms with Gasteiger partial charge in [-0.3, -0.25) is 9.59 Å². The van der Waals surface area contributed by atoms with Gasteiger partial charge in [0.1, 0.15) is 17.2 Å². The van der Waals surface area contributed by atoms with E-state index in [0.717, 1.165) is 12.1 Å². The summed E-state index contributed by atoms with van der Waals surface area (Å²) in [5.74, 6) is -0.520. The maximum absolute atomic E-state index is 12.9. The van der Waals surface area contributed by atoms with Crippen molar-refractivity contribution in [3.05, 3.63) is 77.1 Å². The summed E-state index contributed by atoms with van der Waals surface area (Å²) in [6.07, 6.45) is -4.62. The number of carbonyl (C=O) groups is 2. The number of rotatable bonds is 8. The smallest absolute Gasteiger partial charge is 0.433 e. The van der Waals surface area contributed by atoms with Crippen molar-refractivity contribution in [2.45, 2.75) is 26.9 Å². The van der Waals surface area contributed by atoms with Crippen molar-refractivity contribution in [1.82, 2.24) is 4.98 Å². The Morgan fingerprint density at radius 3 is 1.89 bits per heavy atom. The van der Waals surface area contributed by atoms with Crippen molar-refractivity contribution in [3.63, 3.8) is 0 Å². The molecule has 0 atom stereocenters. The number of anilines is 2. The van der Waals surface area contributed by atoms with Crippen LogP contribution >= 0.6 is 0 Å². The Morgan fingerprint density at radius 1 is 0.857 bits per heavy atom. The molecule has 0 aliphatic rings. The third-order valence-electron chi connectivity index (χ3n) is 4.83. The maximum atomic E-state index is 12.9. The van der Waals surface area contributed by atoms with Crippen molar-refractivity contribution in [1.29, 1.82) is 0 Å². The van der Waals surface area contributed by atoms with E-state index >= 15 is 0 Å². The molecule has 10 heteroatoms. The van der Waals surface area contributed by atoms with Crippen LogP contribution in [0.15, 0.2) is 54.6 Å². The van der Waals surface area contributed by atoms with Gasteiger partial charge in [0.25, 0.3) is 11.8 Å². The number of nitrogens with one attached hydrogen (secondary N) is 2. The number of nitrogens with zero attached hydrogens (tertiary/aromatic N) is 1. The van der Waals surface area contributed by atoms with E-state index in [1.807, 2.05) is 0 Å². The number of benzene rings is 2. The molecular formula is C25H24F3N3O4. The number of halogens is 3. The third-order valence-corrected chi connectivity index (χ3v) is 4.83. The van der Waals surface area contributed by atoms with E-state index in [2.05, 4.69) is 15.6 Å². The quantitative estimate of drug-likeness (QED) is 0.425. The lowest BCUT2D eigenvalue weighted by Gasteiger charge is -2.18. The Labute approximate surface area is 200 Å². The molecule has 0 bridgehead atoms. The van der Waals surface area contributed by atoms with E-state index in [0.29, 0.717) is 11.3 Å². The van der Waals surface area contributed by atoms with Gasteiger partial charge in [-0.05, 0) is 45.0 Å². The van der Waals surface area contributed by atoms with Gasteiger partial charge in [0, 0.05) is 17.7 Å². The lowest BCUT2D eigenvalue weighted by atomic mass is 10.1. The molecule has 2 amide bonds. The average molecular weight is 487 g/mol. The van der Waals surface area contributed by atoms with Crippen LogP contribution in [-0.2, 0) is 6.18 Å². The van der Waals surface area contributed by atoms with Crippen molar-refractivity contribution >= 4 is 23.2 Å². The van der Waals surface area contributed by atoms with Gasteiger partial charge in [0.15, 0.2) is 0 Å². The second-order valence-corrected chi connectivity index (χ2v) is 7.31. The lowest BCUT2D eigenvalue weighted by molar-refractivity contribution is -0.141. The van der Waals surface area contributed by atoms with Gasteiger partial charge >= 0.3 is 6.18 Å². The summed E-state index contributed by atoms with van der Waals surface area (Å²) in [5.41, 5.74) is -0.201. The molecule has 7 nitrogen and oxygen atoms in total. The van der Waals surface area contributed by atoms with Crippen LogP contribution in [-0.4, -0.2) is 30.0 Å². The van der Waals surface area contributed by atoms with E-state index < -0.39 is 17.8 Å². The molecule has 1 aromatic heterocycles. The largest absolute Gasteiger partial charge is 0.492 e. The van der Waals surface area contributed by atoms with E-state index in [-0.39, 0.29) is 47.6 Å². The van der Waals surface area contributed by atoms with Crippen LogP contribution in [0.3, 0.4) is 0 Å². The number of pyridine rings is 1. The first kappa shape index (κ1) is 25.5. The van der Waals surface area contributed by atoms with Gasteiger partial charge < -0.3 is 20.1 Å². The van der Waals surface area contributed by atoms with E-state index in [1.165, 1.54) is 19.1 Å². The molecule has 0 saturated heterocycles. The number of hydrogen-bond acceptors (Lipinski definition) is 5. The standard InChI is InChI=1S/C25H24F3N3O4/c1-4-34-20-14-19(31-24(33)17-11-12-22(25(26,27)28)29-15(17)3)21(35-5-2)13-18(20)30-23(32)16-9-7-6-8-10-16/h6-14H,4-5H2,1-3H3,(H,30,32)(H,31,33). The van der Waals surface area contributed by atoms with Crippen LogP contribution in [0.4, 0.5) is 24.5 Å². The highest BCUT2D eigenvalue weighted by atomic mass is 19.4. The fourth-order valence-electron chi connectivity index (χ4n) is 3.24. The summed E-state index contributed by atoms with van der Waals surface area (Å²) in [6.45, 7) is 5.35. The zero-order chi connectivity index (χ0) is 25.6. The van der Waals surface area contributed by atoms with Crippen molar-refractivity contribution in [2.24, 2.45) is 0 Å². The summed E-state index contributed by atoms with van der Waals surface area (Å²) in [4.78, 5) is 29.0. The van der Waals surface area contributed by atoms with Gasteiger partial charge in [-0.25, -0.2) is 4.98 Å². The molecule has 0 fully saturated rings. The summed E-state index contributed by atoms with van der Waals surface area (Å²) in [5, 5.41) is 5.42. The lowest BCUT2D eigenvalue weighted by Crippen LogP contribution is -2.18. The topological polar surface area (TPSA) is 89.6 Å². The molecule has 3 rings (SSSR count). The predicted molar refractivity (Wildman–Crippen MR) is 125 cm³/mol. The number of hydrogen-bond donors (Lipinski definition) is 2. The predicted octanol–water partition coefficient (Wildman–Crippen LogP) is 5.71. The summed E-state index contributed by atoms with van der Waals surface area (Å²) >= 11 is 0. The van der Waals surface area contributed by atoms with Crippen LogP contribution in [0.5, 0.6) is 11.5 Å². The van der Waals surface area contributed by atoms with Crippen LogP contribution in [0, 0.1) is 6.92 Å². The van der Waals surface area contributed by atoms with Crippen molar-refractivity contribution < 1.29 is 32.2 Å². The second kappa shape index (κ2) is 10.9. The van der Waals surface area contributed by atoms with E-state index in [9.17, 15) is 22.8 Å². The van der Waals surface area contributed by atoms with E-state index in [4.69, 9.17) is 9.47 Å². The Bertz CT molecular complexity index is 1210. The molecule has 0 aliphatic heterocycles. The monoisotopic (exact) mass is 487 g/mol. The number of aryl methyl sites for hydroxylation is 1. The minimum Gasteiger partial charge on any atom is -0.492 e. The van der Waals surface area contributed by atoms with Crippen LogP contribution < -0.4 is 20.1 Å². The molecule has 2 N–H and O–H groups in total. The first-order valence-electron chi connectivity index (χ1n) is 10.8. The number of carbonyl (C=O) groups excluding carboxylic acids is 2. The zero-order valence-electron chi connectivity index (χ0n) is 19.3. The molecule has 0 unspecified atom stereocenters. The van der Waals surface area contributed by atoms with Crippen molar-refractivity contribution in [2.75, 3.05) is 23.8 Å². The third kappa shape index (κ3) is 6.28. The maximum Gasteiger partial charge on any atom is 0.433 e. The van der Waals surface area contributed by atoms with Gasteiger partial charge in [-0.1, -0.05) is 18.2 Å². The molecule has 0 radical (unpaired) electrons. The summed E-state index contributed by atoms with van der Waals surface area (Å²) < 4.78 is 50.0. The number of amides is 2. The Balaban J connectivity index is 1.93. The second-order valence-electron chi connectivity index (χ2n) is 7.31. The van der Waals surface area contributed by atoms with Crippen LogP contribution in [0.2, 0.25) is 0 Å². The number of alkyl halides is 3. The van der Waals surface area contributed by atoms with Crippen LogP contribution in [0.1, 0.15) is 46.0 Å². The highest BCUT2D eigenvalue weighted by molar-refractivity contribution is 6.07. The average Bonchev–Trinajstić information content (AvgIpc) is 2.81. The minimum absolute atomic E-state index is 0.0279. The fourth-order valence-corrected chi connectivity index (χ4v) is 3.24. The molecule has 3 aromatic rings. The molecule has 0 saturated carbocycles. The normalized spacial score (nSPS) is 11.0. The van der Waals surface area contributed by atoms with Gasteiger partial charge in [-0.15, -0.1) is 0 Å². The zero-order valence-corrected chi connectivity index (χ0v) is 19.3. The van der Waals surface area contributed by atoms with Gasteiger partial charge in [0.05, 0.1) is 35.8 Å². The van der Waals surface area contributed by atoms with Crippen molar-refractivity contribution in [3.8, 4) is 11.5 Å². The Kier molecular flexibility index (Phi) is 7.95. The molecule has 0 aliphatic carbocycles. The molecule has 1 heterocycles. The molecule has 184 valence electrons. The van der Waals surface area contributed by atoms with Crippen LogP contribution in [0.25, 0.3) is 0 Å². The molecular weight excluding hydrogens is 463 g/mol. The summed E-state index contributed by atoms with van der Waals surface area (Å²) in [7, 11) is 0. The highest BCUT2D eigenvalue weighted by Crippen LogP contribution is 2.37. The number of ether oxygens (including phenoxy) is 2. The molecule has 2 aromatic carbocycles.